The standard InChI is InChI=1S/C31H38N3O3S/c1-31(2,3)37-30(36)34-27(20-24-12-6-4-7-13-24)23-38-28(21-25-14-8-5-9-15-25)29(35)33-19-11-17-26-16-10-18-32-22-26/h4-10,12-16,18,27-28H,11,17,19-21,23H2,1-3H3,(H,33,35)(H,34,36)/q-1/t27-,28-/m0/s1. The second-order valence-electron chi connectivity index (χ2n) is 10.2. The summed E-state index contributed by atoms with van der Waals surface area (Å²) in [7, 11) is 0. The zero-order valence-electron chi connectivity index (χ0n) is 22.5. The quantitative estimate of drug-likeness (QED) is 0.227. The molecule has 1 aromatic heterocycles. The van der Waals surface area contributed by atoms with Crippen molar-refractivity contribution in [2.24, 2.45) is 0 Å². The Bertz CT molecular complexity index is 1110. The van der Waals surface area contributed by atoms with Crippen LogP contribution in [0.25, 0.3) is 0 Å². The highest BCUT2D eigenvalue weighted by molar-refractivity contribution is 8.00. The van der Waals surface area contributed by atoms with Gasteiger partial charge in [-0.3, -0.25) is 4.79 Å². The maximum Gasteiger partial charge on any atom is 0.407 e. The smallest absolute Gasteiger partial charge is 0.407 e. The molecule has 0 saturated heterocycles. The number of amides is 2. The van der Waals surface area contributed by atoms with E-state index in [1.165, 1.54) is 0 Å². The van der Waals surface area contributed by atoms with Crippen LogP contribution in [0.5, 0.6) is 0 Å². The summed E-state index contributed by atoms with van der Waals surface area (Å²) in [6.07, 6.45) is 7.12. The summed E-state index contributed by atoms with van der Waals surface area (Å²) in [5.74, 6) is 0.578. The number of benzene rings is 2. The maximum atomic E-state index is 13.3. The topological polar surface area (TPSA) is 80.3 Å². The summed E-state index contributed by atoms with van der Waals surface area (Å²) >= 11 is 1.57. The number of rotatable bonds is 13. The van der Waals surface area contributed by atoms with Gasteiger partial charge < -0.3 is 20.4 Å². The minimum absolute atomic E-state index is 0.00440. The fourth-order valence-corrected chi connectivity index (χ4v) is 5.13. The Morgan fingerprint density at radius 3 is 2.21 bits per heavy atom. The highest BCUT2D eigenvalue weighted by Gasteiger charge is 2.24. The van der Waals surface area contributed by atoms with E-state index in [9.17, 15) is 9.59 Å². The third-order valence-corrected chi connectivity index (χ3v) is 7.07. The Labute approximate surface area is 231 Å². The average molecular weight is 533 g/mol. The Balaban J connectivity index is 1.63. The van der Waals surface area contributed by atoms with Crippen LogP contribution in [-0.2, 0) is 28.8 Å². The molecule has 0 unspecified atom stereocenters. The van der Waals surface area contributed by atoms with Gasteiger partial charge in [0.2, 0.25) is 5.91 Å². The Morgan fingerprint density at radius 2 is 1.61 bits per heavy atom. The number of nitrogens with zero attached hydrogens (tertiary/aromatic N) is 1. The molecule has 2 N–H and O–H groups in total. The van der Waals surface area contributed by atoms with Gasteiger partial charge in [-0.2, -0.15) is 12.1 Å². The summed E-state index contributed by atoms with van der Waals surface area (Å²) in [6, 6.07) is 23.8. The minimum Gasteiger partial charge on any atom is -0.444 e. The molecule has 0 radical (unpaired) electrons. The van der Waals surface area contributed by atoms with E-state index in [1.807, 2.05) is 93.6 Å². The molecular formula is C31H38N3O3S-. The molecule has 7 heteroatoms. The molecule has 0 aliphatic rings. The molecule has 202 valence electrons. The number of ether oxygens (including phenoxy) is 1. The van der Waals surface area contributed by atoms with Gasteiger partial charge in [-0.1, -0.05) is 73.1 Å². The van der Waals surface area contributed by atoms with Crippen LogP contribution in [0.3, 0.4) is 0 Å². The molecule has 2 atom stereocenters. The van der Waals surface area contributed by atoms with Gasteiger partial charge in [0.05, 0.1) is 5.25 Å². The fourth-order valence-electron chi connectivity index (χ4n) is 3.92. The van der Waals surface area contributed by atoms with Crippen molar-refractivity contribution in [1.82, 2.24) is 15.6 Å². The van der Waals surface area contributed by atoms with Crippen LogP contribution < -0.4 is 10.6 Å². The van der Waals surface area contributed by atoms with E-state index >= 15 is 0 Å². The van der Waals surface area contributed by atoms with E-state index in [0.717, 1.165) is 29.5 Å². The van der Waals surface area contributed by atoms with Gasteiger partial charge in [0, 0.05) is 18.3 Å². The second kappa shape index (κ2) is 15.2. The van der Waals surface area contributed by atoms with E-state index in [2.05, 4.69) is 21.8 Å². The van der Waals surface area contributed by atoms with Crippen molar-refractivity contribution in [2.75, 3.05) is 12.3 Å². The van der Waals surface area contributed by atoms with Crippen molar-refractivity contribution in [3.05, 3.63) is 102 Å². The highest BCUT2D eigenvalue weighted by Crippen LogP contribution is 2.20. The third kappa shape index (κ3) is 11.4. The number of thioether (sulfide) groups is 1. The Morgan fingerprint density at radius 1 is 0.947 bits per heavy atom. The first-order valence-electron chi connectivity index (χ1n) is 13.1. The van der Waals surface area contributed by atoms with E-state index in [-0.39, 0.29) is 17.2 Å². The molecule has 0 aliphatic heterocycles. The number of carbonyl (C=O) groups excluding carboxylic acids is 2. The van der Waals surface area contributed by atoms with Crippen LogP contribution in [0.15, 0.2) is 79.0 Å². The normalized spacial score (nSPS) is 12.8. The molecule has 2 aromatic carbocycles. The zero-order valence-corrected chi connectivity index (χ0v) is 23.3. The summed E-state index contributed by atoms with van der Waals surface area (Å²) in [4.78, 5) is 29.9. The molecule has 6 nitrogen and oxygen atoms in total. The first kappa shape index (κ1) is 29.2. The number of carbonyl (C=O) groups is 2. The third-order valence-electron chi connectivity index (χ3n) is 5.69. The molecule has 3 rings (SSSR count). The largest absolute Gasteiger partial charge is 0.444 e. The van der Waals surface area contributed by atoms with Crippen LogP contribution in [-0.4, -0.2) is 46.2 Å². The van der Waals surface area contributed by atoms with Crippen molar-refractivity contribution in [3.63, 3.8) is 0 Å². The maximum absolute atomic E-state index is 13.3. The number of pyridine rings is 1. The fraction of sp³-hybridized carbons (Fsp3) is 0.387. The van der Waals surface area contributed by atoms with Crippen LogP contribution in [0.2, 0.25) is 0 Å². The zero-order chi connectivity index (χ0) is 27.2. The lowest BCUT2D eigenvalue weighted by Crippen LogP contribution is -2.43. The average Bonchev–Trinajstić information content (AvgIpc) is 2.89. The molecule has 0 fully saturated rings. The number of aryl methyl sites for hydroxylation is 1. The number of aromatic nitrogens is 1. The van der Waals surface area contributed by atoms with Gasteiger partial charge in [0.25, 0.3) is 0 Å². The lowest BCUT2D eigenvalue weighted by Gasteiger charge is -2.25. The number of hydrogen-bond donors (Lipinski definition) is 2. The van der Waals surface area contributed by atoms with Crippen LogP contribution in [0, 0.1) is 6.20 Å². The van der Waals surface area contributed by atoms with E-state index in [0.29, 0.717) is 25.1 Å². The second-order valence-corrected chi connectivity index (χ2v) is 11.4. The van der Waals surface area contributed by atoms with E-state index < -0.39 is 11.7 Å². The molecule has 1 heterocycles. The van der Waals surface area contributed by atoms with Crippen LogP contribution >= 0.6 is 11.8 Å². The molecule has 0 saturated carbocycles. The van der Waals surface area contributed by atoms with Crippen LogP contribution in [0.1, 0.15) is 43.9 Å². The Hall–Kier alpha value is -3.32. The van der Waals surface area contributed by atoms with Crippen molar-refractivity contribution < 1.29 is 14.3 Å². The Kier molecular flexibility index (Phi) is 11.7. The molecule has 0 bridgehead atoms. The minimum atomic E-state index is -0.585. The monoisotopic (exact) mass is 532 g/mol. The van der Waals surface area contributed by atoms with Crippen molar-refractivity contribution in [2.45, 2.75) is 63.3 Å². The van der Waals surface area contributed by atoms with Crippen molar-refractivity contribution in [1.29, 1.82) is 0 Å². The van der Waals surface area contributed by atoms with Gasteiger partial charge in [0.1, 0.15) is 5.60 Å². The lowest BCUT2D eigenvalue weighted by molar-refractivity contribution is -0.120. The highest BCUT2D eigenvalue weighted by atomic mass is 32.2. The van der Waals surface area contributed by atoms with E-state index in [1.54, 1.807) is 18.0 Å². The molecule has 38 heavy (non-hydrogen) atoms. The van der Waals surface area contributed by atoms with Gasteiger partial charge in [-0.15, -0.1) is 17.3 Å². The summed E-state index contributed by atoms with van der Waals surface area (Å²) in [5.41, 5.74) is 2.67. The van der Waals surface area contributed by atoms with Gasteiger partial charge in [-0.05, 0) is 57.6 Å². The van der Waals surface area contributed by atoms with Crippen molar-refractivity contribution in [3.8, 4) is 0 Å². The molecule has 3 aromatic rings. The molecular weight excluding hydrogens is 494 g/mol. The van der Waals surface area contributed by atoms with Gasteiger partial charge in [-0.25, -0.2) is 4.79 Å². The first-order valence-corrected chi connectivity index (χ1v) is 14.1. The summed E-state index contributed by atoms with van der Waals surface area (Å²) < 4.78 is 5.51. The molecule has 0 aliphatic carbocycles. The summed E-state index contributed by atoms with van der Waals surface area (Å²) in [5, 5.41) is 5.85. The van der Waals surface area contributed by atoms with Crippen LogP contribution in [0.4, 0.5) is 4.79 Å². The predicted octanol–water partition coefficient (Wildman–Crippen LogP) is 5.41. The number of nitrogens with one attached hydrogen (secondary N) is 2. The summed E-state index contributed by atoms with van der Waals surface area (Å²) in [6.45, 7) is 6.12. The number of hydrogen-bond acceptors (Lipinski definition) is 5. The number of alkyl carbamates (subject to hydrolysis) is 1. The SMILES string of the molecule is CC(C)(C)OC(=O)N[C@H](CS[C@@H](Cc1ccccc1)C(=O)NCCCc1[c-]nccc1)Cc1ccccc1. The van der Waals surface area contributed by atoms with Gasteiger partial charge >= 0.3 is 6.09 Å². The lowest BCUT2D eigenvalue weighted by atomic mass is 10.1. The molecule has 0 spiro atoms. The first-order chi connectivity index (χ1) is 18.3. The molecule has 2 amide bonds. The van der Waals surface area contributed by atoms with E-state index in [4.69, 9.17) is 4.74 Å². The van der Waals surface area contributed by atoms with Crippen molar-refractivity contribution >= 4 is 23.8 Å². The predicted molar refractivity (Wildman–Crippen MR) is 154 cm³/mol. The van der Waals surface area contributed by atoms with Gasteiger partial charge in [0.15, 0.2) is 0 Å².